The molecule has 2 bridgehead atoms. The first-order valence-corrected chi connectivity index (χ1v) is 9.82. The number of rotatable bonds is 9. The normalized spacial score (nSPS) is 28.2. The van der Waals surface area contributed by atoms with E-state index in [9.17, 15) is 0 Å². The van der Waals surface area contributed by atoms with Crippen molar-refractivity contribution in [3.05, 3.63) is 0 Å². The zero-order valence-electron chi connectivity index (χ0n) is 16.2. The van der Waals surface area contributed by atoms with Gasteiger partial charge in [-0.3, -0.25) is 14.8 Å². The van der Waals surface area contributed by atoms with Crippen molar-refractivity contribution in [1.82, 2.24) is 25.3 Å². The van der Waals surface area contributed by atoms with Gasteiger partial charge in [-0.25, -0.2) is 0 Å². The van der Waals surface area contributed by atoms with Crippen molar-refractivity contribution in [2.24, 2.45) is 4.99 Å². The zero-order chi connectivity index (χ0) is 17.4. The fourth-order valence-corrected chi connectivity index (χ4v) is 3.79. The van der Waals surface area contributed by atoms with E-state index in [2.05, 4.69) is 51.1 Å². The Morgan fingerprint density at radius 3 is 2.46 bits per heavy atom. The lowest BCUT2D eigenvalue weighted by Gasteiger charge is -2.47. The number of hydrogen-bond donors (Lipinski definition) is 2. The van der Waals surface area contributed by atoms with Crippen LogP contribution in [0.25, 0.3) is 0 Å². The summed E-state index contributed by atoms with van der Waals surface area (Å²) >= 11 is 0. The van der Waals surface area contributed by atoms with E-state index in [0.29, 0.717) is 12.1 Å². The second-order valence-electron chi connectivity index (χ2n) is 7.16. The molecule has 3 saturated heterocycles. The summed E-state index contributed by atoms with van der Waals surface area (Å²) in [6.45, 7) is 17.3. The standard InChI is InChI=1S/C18H38N6/c1-5-22(6-2)9-7-8-16(3)21-18(19-4)20-14-17-15-23-10-12-24(17)13-11-23/h16-17H,5-15H2,1-4H3,(H2,19,20,21). The molecule has 3 aliphatic rings. The van der Waals surface area contributed by atoms with Crippen LogP contribution in [0.15, 0.2) is 4.99 Å². The molecule has 0 aliphatic carbocycles. The van der Waals surface area contributed by atoms with Crippen molar-refractivity contribution in [3.63, 3.8) is 0 Å². The Hall–Kier alpha value is -0.850. The molecule has 2 N–H and O–H groups in total. The van der Waals surface area contributed by atoms with Crippen LogP contribution in [0, 0.1) is 0 Å². The summed E-state index contributed by atoms with van der Waals surface area (Å²) in [5.74, 6) is 0.947. The summed E-state index contributed by atoms with van der Waals surface area (Å²) in [6, 6.07) is 1.09. The third-order valence-corrected chi connectivity index (χ3v) is 5.51. The van der Waals surface area contributed by atoms with Gasteiger partial charge in [0.15, 0.2) is 5.96 Å². The number of guanidine groups is 1. The van der Waals surface area contributed by atoms with Crippen LogP contribution in [0.3, 0.4) is 0 Å². The van der Waals surface area contributed by atoms with Gasteiger partial charge < -0.3 is 15.5 Å². The van der Waals surface area contributed by atoms with Crippen LogP contribution in [-0.2, 0) is 0 Å². The van der Waals surface area contributed by atoms with Crippen LogP contribution >= 0.6 is 0 Å². The molecule has 6 nitrogen and oxygen atoms in total. The molecule has 24 heavy (non-hydrogen) atoms. The van der Waals surface area contributed by atoms with Crippen molar-refractivity contribution in [2.45, 2.75) is 45.7 Å². The fourth-order valence-electron chi connectivity index (χ4n) is 3.79. The van der Waals surface area contributed by atoms with E-state index in [1.165, 1.54) is 52.1 Å². The molecule has 2 unspecified atom stereocenters. The van der Waals surface area contributed by atoms with Gasteiger partial charge in [-0.15, -0.1) is 0 Å². The highest BCUT2D eigenvalue weighted by molar-refractivity contribution is 5.79. The second-order valence-corrected chi connectivity index (χ2v) is 7.16. The minimum atomic E-state index is 0.457. The highest BCUT2D eigenvalue weighted by Crippen LogP contribution is 2.14. The largest absolute Gasteiger partial charge is 0.355 e. The molecule has 6 heteroatoms. The Kier molecular flexibility index (Phi) is 8.29. The molecule has 0 saturated carbocycles. The van der Waals surface area contributed by atoms with Gasteiger partial charge in [-0.2, -0.15) is 0 Å². The first-order valence-electron chi connectivity index (χ1n) is 9.82. The lowest BCUT2D eigenvalue weighted by atomic mass is 10.1. The van der Waals surface area contributed by atoms with Crippen molar-refractivity contribution in [2.75, 3.05) is 66.0 Å². The molecular weight excluding hydrogens is 300 g/mol. The predicted molar refractivity (Wildman–Crippen MR) is 103 cm³/mol. The molecule has 3 fully saturated rings. The van der Waals surface area contributed by atoms with Gasteiger partial charge in [-0.1, -0.05) is 13.8 Å². The van der Waals surface area contributed by atoms with Crippen LogP contribution < -0.4 is 10.6 Å². The minimum absolute atomic E-state index is 0.457. The molecule has 0 aromatic rings. The van der Waals surface area contributed by atoms with Gasteiger partial charge in [0, 0.05) is 58.4 Å². The quantitative estimate of drug-likeness (QED) is 0.478. The molecule has 0 radical (unpaired) electrons. The topological polar surface area (TPSA) is 46.1 Å². The van der Waals surface area contributed by atoms with E-state index in [-0.39, 0.29) is 0 Å². The average Bonchev–Trinajstić information content (AvgIpc) is 2.63. The first-order chi connectivity index (χ1) is 11.7. The Morgan fingerprint density at radius 1 is 1.21 bits per heavy atom. The number of piperazine rings is 3. The predicted octanol–water partition coefficient (Wildman–Crippen LogP) is 0.662. The maximum atomic E-state index is 4.40. The molecule has 3 heterocycles. The van der Waals surface area contributed by atoms with Crippen LogP contribution in [0.5, 0.6) is 0 Å². The summed E-state index contributed by atoms with van der Waals surface area (Å²) in [7, 11) is 1.87. The van der Waals surface area contributed by atoms with E-state index in [1.54, 1.807) is 0 Å². The number of nitrogens with zero attached hydrogens (tertiary/aromatic N) is 4. The lowest BCUT2D eigenvalue weighted by molar-refractivity contribution is 0.0154. The van der Waals surface area contributed by atoms with E-state index in [4.69, 9.17) is 0 Å². The van der Waals surface area contributed by atoms with Crippen molar-refractivity contribution < 1.29 is 0 Å². The number of aliphatic imine (C=N–C) groups is 1. The molecule has 0 aromatic heterocycles. The highest BCUT2D eigenvalue weighted by atomic mass is 15.4. The van der Waals surface area contributed by atoms with Crippen LogP contribution in [0.2, 0.25) is 0 Å². The minimum Gasteiger partial charge on any atom is -0.355 e. The third-order valence-electron chi connectivity index (χ3n) is 5.51. The van der Waals surface area contributed by atoms with Gasteiger partial charge in [0.25, 0.3) is 0 Å². The number of hydrogen-bond acceptors (Lipinski definition) is 4. The van der Waals surface area contributed by atoms with Crippen molar-refractivity contribution >= 4 is 5.96 Å². The molecule has 0 aromatic carbocycles. The maximum Gasteiger partial charge on any atom is 0.191 e. The van der Waals surface area contributed by atoms with Gasteiger partial charge in [0.2, 0.25) is 0 Å². The van der Waals surface area contributed by atoms with E-state index < -0.39 is 0 Å². The van der Waals surface area contributed by atoms with E-state index >= 15 is 0 Å². The summed E-state index contributed by atoms with van der Waals surface area (Å²) in [5, 5.41) is 7.08. The Bertz CT molecular complexity index is 374. The van der Waals surface area contributed by atoms with Crippen molar-refractivity contribution in [1.29, 1.82) is 0 Å². The Balaban J connectivity index is 1.64. The van der Waals surface area contributed by atoms with Crippen LogP contribution in [0.4, 0.5) is 0 Å². The highest BCUT2D eigenvalue weighted by Gasteiger charge is 2.31. The Morgan fingerprint density at radius 2 is 1.92 bits per heavy atom. The molecule has 2 atom stereocenters. The molecule has 3 aliphatic heterocycles. The van der Waals surface area contributed by atoms with E-state index in [1.807, 2.05) is 7.05 Å². The summed E-state index contributed by atoms with van der Waals surface area (Å²) in [4.78, 5) is 12.1. The fraction of sp³-hybridized carbons (Fsp3) is 0.944. The molecule has 0 amide bonds. The smallest absolute Gasteiger partial charge is 0.191 e. The SMILES string of the molecule is CCN(CC)CCCC(C)NC(=NC)NCC1CN2CCN1CC2. The Labute approximate surface area is 148 Å². The van der Waals surface area contributed by atoms with Gasteiger partial charge in [0.1, 0.15) is 0 Å². The lowest BCUT2D eigenvalue weighted by Crippen LogP contribution is -2.64. The molecule has 140 valence electrons. The van der Waals surface area contributed by atoms with Crippen LogP contribution in [-0.4, -0.2) is 98.7 Å². The number of fused-ring (bicyclic) bond motifs is 3. The summed E-state index contributed by atoms with van der Waals surface area (Å²) in [6.07, 6.45) is 2.42. The molecule has 0 spiro atoms. The van der Waals surface area contributed by atoms with Crippen LogP contribution in [0.1, 0.15) is 33.6 Å². The van der Waals surface area contributed by atoms with Gasteiger partial charge >= 0.3 is 0 Å². The maximum absolute atomic E-state index is 4.40. The summed E-state index contributed by atoms with van der Waals surface area (Å²) < 4.78 is 0. The van der Waals surface area contributed by atoms with Gasteiger partial charge in [-0.05, 0) is 39.4 Å². The molecular formula is C18H38N6. The van der Waals surface area contributed by atoms with Crippen molar-refractivity contribution in [3.8, 4) is 0 Å². The monoisotopic (exact) mass is 338 g/mol. The second kappa shape index (κ2) is 10.2. The number of nitrogens with one attached hydrogen (secondary N) is 2. The third kappa shape index (κ3) is 5.90. The zero-order valence-corrected chi connectivity index (χ0v) is 16.2. The molecule has 3 rings (SSSR count). The average molecular weight is 339 g/mol. The van der Waals surface area contributed by atoms with Gasteiger partial charge in [0.05, 0.1) is 0 Å². The first kappa shape index (κ1) is 19.5. The van der Waals surface area contributed by atoms with E-state index in [0.717, 1.165) is 25.6 Å². The summed E-state index contributed by atoms with van der Waals surface area (Å²) in [5.41, 5.74) is 0.